The maximum Gasteiger partial charge on any atom is 0.258 e. The Balaban J connectivity index is 1.55. The third kappa shape index (κ3) is 3.23. The van der Waals surface area contributed by atoms with Gasteiger partial charge in [-0.2, -0.15) is 0 Å². The molecule has 0 aliphatic carbocycles. The zero-order chi connectivity index (χ0) is 20.1. The Morgan fingerprint density at radius 1 is 0.966 bits per heavy atom. The molecule has 4 aromatic heterocycles. The van der Waals surface area contributed by atoms with Crippen molar-refractivity contribution in [3.05, 3.63) is 52.7 Å². The third-order valence-electron chi connectivity index (χ3n) is 5.14. The van der Waals surface area contributed by atoms with Crippen LogP contribution in [0.5, 0.6) is 0 Å². The van der Waals surface area contributed by atoms with E-state index in [1.54, 1.807) is 10.5 Å². The summed E-state index contributed by atoms with van der Waals surface area (Å²) in [5.74, 6) is 0.644. The normalized spacial score (nSPS) is 19.9. The molecule has 1 saturated heterocycles. The molecule has 148 valence electrons. The van der Waals surface area contributed by atoms with Crippen molar-refractivity contribution < 1.29 is 0 Å². The number of nitrogens with one attached hydrogen (secondary N) is 1. The third-order valence-corrected chi connectivity index (χ3v) is 5.14. The van der Waals surface area contributed by atoms with Gasteiger partial charge in [-0.25, -0.2) is 9.97 Å². The van der Waals surface area contributed by atoms with Crippen LogP contribution in [-0.2, 0) is 0 Å². The quantitative estimate of drug-likeness (QED) is 0.551. The van der Waals surface area contributed by atoms with Gasteiger partial charge >= 0.3 is 0 Å². The second kappa shape index (κ2) is 6.63. The Bertz CT molecular complexity index is 1270. The molecule has 0 bridgehead atoms. The fraction of sp³-hybridized carbons (Fsp3) is 0.350. The molecule has 1 N–H and O–H groups in total. The summed E-state index contributed by atoms with van der Waals surface area (Å²) in [6.07, 6.45) is 1.87. The standard InChI is InChI=1S/C20H22N8O/c1-12-9-26(10-13(2)21-12)15-4-6-18-23-17(8-20(29)27(18)11-15)16-5-7-19-22-14(3)24-28(19)25-16/h4-8,11-13,21H,9-10H2,1-3H3. The van der Waals surface area contributed by atoms with Crippen molar-refractivity contribution in [3.63, 3.8) is 0 Å². The van der Waals surface area contributed by atoms with Gasteiger partial charge in [-0.3, -0.25) is 9.20 Å². The molecular formula is C20H22N8O. The van der Waals surface area contributed by atoms with Crippen LogP contribution in [0.2, 0.25) is 0 Å². The van der Waals surface area contributed by atoms with Crippen molar-refractivity contribution in [2.75, 3.05) is 18.0 Å². The molecule has 9 nitrogen and oxygen atoms in total. The van der Waals surface area contributed by atoms with Gasteiger partial charge in [0.05, 0.1) is 11.4 Å². The van der Waals surface area contributed by atoms with E-state index >= 15 is 0 Å². The number of nitrogens with zero attached hydrogens (tertiary/aromatic N) is 7. The molecule has 1 aliphatic rings. The fourth-order valence-corrected chi connectivity index (χ4v) is 3.97. The van der Waals surface area contributed by atoms with Crippen LogP contribution in [0, 0.1) is 6.92 Å². The smallest absolute Gasteiger partial charge is 0.258 e. The lowest BCUT2D eigenvalue weighted by atomic mass is 10.1. The van der Waals surface area contributed by atoms with Crippen molar-refractivity contribution in [2.45, 2.75) is 32.9 Å². The zero-order valence-corrected chi connectivity index (χ0v) is 16.6. The highest BCUT2D eigenvalue weighted by atomic mass is 16.1. The van der Waals surface area contributed by atoms with E-state index in [4.69, 9.17) is 0 Å². The number of pyridine rings is 1. The second-order valence-electron chi connectivity index (χ2n) is 7.69. The van der Waals surface area contributed by atoms with E-state index in [0.717, 1.165) is 18.8 Å². The summed E-state index contributed by atoms with van der Waals surface area (Å²) in [6, 6.07) is 9.84. The highest BCUT2D eigenvalue weighted by molar-refractivity contribution is 5.60. The molecule has 0 radical (unpaired) electrons. The first-order chi connectivity index (χ1) is 14.0. The zero-order valence-electron chi connectivity index (χ0n) is 16.6. The molecule has 2 unspecified atom stereocenters. The summed E-state index contributed by atoms with van der Waals surface area (Å²) in [7, 11) is 0. The minimum atomic E-state index is -0.139. The van der Waals surface area contributed by atoms with Crippen LogP contribution in [0.1, 0.15) is 19.7 Å². The van der Waals surface area contributed by atoms with Crippen molar-refractivity contribution in [2.24, 2.45) is 0 Å². The highest BCUT2D eigenvalue weighted by Crippen LogP contribution is 2.19. The molecule has 0 aromatic carbocycles. The van der Waals surface area contributed by atoms with E-state index < -0.39 is 0 Å². The lowest BCUT2D eigenvalue weighted by Crippen LogP contribution is -2.54. The fourth-order valence-electron chi connectivity index (χ4n) is 3.97. The minimum Gasteiger partial charge on any atom is -0.367 e. The van der Waals surface area contributed by atoms with Crippen LogP contribution in [0.25, 0.3) is 22.7 Å². The number of hydrogen-bond donors (Lipinski definition) is 1. The summed E-state index contributed by atoms with van der Waals surface area (Å²) in [6.45, 7) is 7.95. The van der Waals surface area contributed by atoms with Gasteiger partial charge in [-0.05, 0) is 45.0 Å². The number of hydrogen-bond acceptors (Lipinski definition) is 7. The molecule has 0 spiro atoms. The van der Waals surface area contributed by atoms with Crippen molar-refractivity contribution in [1.29, 1.82) is 0 Å². The minimum absolute atomic E-state index is 0.139. The Morgan fingerprint density at radius 3 is 2.52 bits per heavy atom. The van der Waals surface area contributed by atoms with Gasteiger partial charge in [-0.1, -0.05) is 0 Å². The maximum absolute atomic E-state index is 12.8. The average molecular weight is 390 g/mol. The van der Waals surface area contributed by atoms with E-state index in [9.17, 15) is 4.79 Å². The number of anilines is 1. The summed E-state index contributed by atoms with van der Waals surface area (Å²) in [5, 5.41) is 12.2. The van der Waals surface area contributed by atoms with Crippen LogP contribution in [0.15, 0.2) is 41.3 Å². The van der Waals surface area contributed by atoms with Crippen molar-refractivity contribution in [3.8, 4) is 11.4 Å². The summed E-state index contributed by atoms with van der Waals surface area (Å²) in [4.78, 5) is 24.1. The number of aromatic nitrogens is 6. The average Bonchev–Trinajstić information content (AvgIpc) is 3.06. The largest absolute Gasteiger partial charge is 0.367 e. The van der Waals surface area contributed by atoms with Crippen molar-refractivity contribution >= 4 is 17.0 Å². The van der Waals surface area contributed by atoms with Crippen LogP contribution in [-0.4, -0.2) is 54.4 Å². The second-order valence-corrected chi connectivity index (χ2v) is 7.69. The van der Waals surface area contributed by atoms with E-state index in [1.807, 2.05) is 31.3 Å². The summed E-state index contributed by atoms with van der Waals surface area (Å²) >= 11 is 0. The molecule has 2 atom stereocenters. The Hall–Kier alpha value is -3.33. The monoisotopic (exact) mass is 390 g/mol. The van der Waals surface area contributed by atoms with Gasteiger partial charge in [0.1, 0.15) is 17.2 Å². The Kier molecular flexibility index (Phi) is 4.06. The van der Waals surface area contributed by atoms with E-state index in [-0.39, 0.29) is 5.56 Å². The van der Waals surface area contributed by atoms with Gasteiger partial charge in [0, 0.05) is 37.4 Å². The number of rotatable bonds is 2. The number of piperazine rings is 1. The van der Waals surface area contributed by atoms with Gasteiger partial charge in [0.15, 0.2) is 5.65 Å². The van der Waals surface area contributed by atoms with Crippen LogP contribution < -0.4 is 15.8 Å². The SMILES string of the molecule is Cc1nc2ccc(-c3cc(=O)n4cc(N5CC(C)NC(C)C5)ccc4n3)nn2n1. The van der Waals surface area contributed by atoms with Crippen LogP contribution in [0.4, 0.5) is 5.69 Å². The topological polar surface area (TPSA) is 92.7 Å². The molecule has 5 rings (SSSR count). The predicted molar refractivity (Wildman–Crippen MR) is 110 cm³/mol. The summed E-state index contributed by atoms with van der Waals surface area (Å²) < 4.78 is 3.05. The lowest BCUT2D eigenvalue weighted by Gasteiger charge is -2.37. The molecular weight excluding hydrogens is 368 g/mol. The predicted octanol–water partition coefficient (Wildman–Crippen LogP) is 1.29. The molecule has 0 amide bonds. The number of fused-ring (bicyclic) bond motifs is 2. The van der Waals surface area contributed by atoms with Gasteiger partial charge in [0.25, 0.3) is 5.56 Å². The molecule has 0 saturated carbocycles. The molecule has 1 fully saturated rings. The molecule has 1 aliphatic heterocycles. The first-order valence-corrected chi connectivity index (χ1v) is 9.72. The first-order valence-electron chi connectivity index (χ1n) is 9.72. The van der Waals surface area contributed by atoms with E-state index in [0.29, 0.717) is 40.6 Å². The van der Waals surface area contributed by atoms with E-state index in [1.165, 1.54) is 10.7 Å². The van der Waals surface area contributed by atoms with Crippen molar-refractivity contribution in [1.82, 2.24) is 34.5 Å². The van der Waals surface area contributed by atoms with Gasteiger partial charge in [-0.15, -0.1) is 14.8 Å². The van der Waals surface area contributed by atoms with Gasteiger partial charge in [0.2, 0.25) is 0 Å². The molecule has 9 heteroatoms. The Morgan fingerprint density at radius 2 is 1.72 bits per heavy atom. The lowest BCUT2D eigenvalue weighted by molar-refractivity contribution is 0.407. The highest BCUT2D eigenvalue weighted by Gasteiger charge is 2.21. The van der Waals surface area contributed by atoms with E-state index in [2.05, 4.69) is 44.2 Å². The maximum atomic E-state index is 12.8. The Labute approximate surface area is 167 Å². The van der Waals surface area contributed by atoms with Gasteiger partial charge < -0.3 is 10.2 Å². The summed E-state index contributed by atoms with van der Waals surface area (Å²) in [5.41, 5.74) is 3.22. The molecule has 5 heterocycles. The molecule has 4 aromatic rings. The number of aryl methyl sites for hydroxylation is 1. The van der Waals surface area contributed by atoms with Crippen LogP contribution in [0.3, 0.4) is 0 Å². The molecule has 29 heavy (non-hydrogen) atoms. The van der Waals surface area contributed by atoms with Crippen LogP contribution >= 0.6 is 0 Å². The first kappa shape index (κ1) is 17.7.